The Labute approximate surface area is 143 Å². The van der Waals surface area contributed by atoms with Gasteiger partial charge in [0.15, 0.2) is 0 Å². The summed E-state index contributed by atoms with van der Waals surface area (Å²) in [7, 11) is 0. The molecule has 3 aromatic rings. The van der Waals surface area contributed by atoms with Gasteiger partial charge in [0.2, 0.25) is 5.91 Å². The molecule has 0 spiro atoms. The van der Waals surface area contributed by atoms with E-state index in [2.05, 4.69) is 61.6 Å². The number of carbonyl (C=O) groups is 1. The van der Waals surface area contributed by atoms with Crippen molar-refractivity contribution in [2.45, 2.75) is 33.2 Å². The number of amides is 1. The first-order valence-electron chi connectivity index (χ1n) is 8.37. The molecule has 0 radical (unpaired) electrons. The van der Waals surface area contributed by atoms with E-state index in [1.807, 2.05) is 25.1 Å². The lowest BCUT2D eigenvalue weighted by Crippen LogP contribution is -2.28. The van der Waals surface area contributed by atoms with Crippen LogP contribution in [0.5, 0.6) is 0 Å². The minimum atomic E-state index is -0.00588. The van der Waals surface area contributed by atoms with E-state index in [1.165, 1.54) is 21.9 Å². The fourth-order valence-electron chi connectivity index (χ4n) is 2.95. The molecule has 0 aliphatic carbocycles. The van der Waals surface area contributed by atoms with Crippen LogP contribution in [-0.4, -0.2) is 5.91 Å². The zero-order chi connectivity index (χ0) is 17.1. The highest BCUT2D eigenvalue weighted by molar-refractivity contribution is 5.83. The summed E-state index contributed by atoms with van der Waals surface area (Å²) >= 11 is 0. The van der Waals surface area contributed by atoms with E-state index in [1.54, 1.807) is 0 Å². The molecule has 0 aliphatic heterocycles. The number of carbonyl (C=O) groups excluding carboxylic acids is 1. The maximum Gasteiger partial charge on any atom is 0.224 e. The Morgan fingerprint density at radius 2 is 1.67 bits per heavy atom. The summed E-state index contributed by atoms with van der Waals surface area (Å²) in [6.07, 6.45) is 0.416. The molecule has 0 heterocycles. The highest BCUT2D eigenvalue weighted by Crippen LogP contribution is 2.20. The second kappa shape index (κ2) is 6.88. The van der Waals surface area contributed by atoms with E-state index in [4.69, 9.17) is 0 Å². The van der Waals surface area contributed by atoms with Crippen molar-refractivity contribution in [2.75, 3.05) is 0 Å². The molecule has 0 aromatic heterocycles. The Morgan fingerprint density at radius 1 is 0.917 bits per heavy atom. The zero-order valence-electron chi connectivity index (χ0n) is 14.5. The van der Waals surface area contributed by atoms with Crippen LogP contribution in [0.4, 0.5) is 0 Å². The predicted molar refractivity (Wildman–Crippen MR) is 100 cm³/mol. The highest BCUT2D eigenvalue weighted by atomic mass is 16.1. The molecule has 0 bridgehead atoms. The summed E-state index contributed by atoms with van der Waals surface area (Å²) in [5, 5.41) is 5.52. The molecule has 3 rings (SSSR count). The van der Waals surface area contributed by atoms with Crippen molar-refractivity contribution < 1.29 is 4.79 Å². The van der Waals surface area contributed by atoms with Crippen molar-refractivity contribution in [1.29, 1.82) is 0 Å². The predicted octanol–water partition coefficient (Wildman–Crippen LogP) is 4.88. The zero-order valence-corrected chi connectivity index (χ0v) is 14.5. The Morgan fingerprint density at radius 3 is 2.42 bits per heavy atom. The quantitative estimate of drug-likeness (QED) is 0.730. The summed E-state index contributed by atoms with van der Waals surface area (Å²) in [5.41, 5.74) is 4.66. The fraction of sp³-hybridized carbons (Fsp3) is 0.227. The molecule has 1 atom stereocenters. The lowest BCUT2D eigenvalue weighted by molar-refractivity contribution is -0.121. The standard InChI is InChI=1S/C22H23NO/c1-15-8-9-18(12-16(15)2)13-22(24)23-17(3)20-11-10-19-6-4-5-7-21(19)14-20/h4-12,14,17H,13H2,1-3H3,(H,23,24)/t17-/m1/s1. The molecule has 122 valence electrons. The van der Waals surface area contributed by atoms with Gasteiger partial charge in [-0.05, 0) is 59.9 Å². The van der Waals surface area contributed by atoms with E-state index < -0.39 is 0 Å². The van der Waals surface area contributed by atoms with E-state index in [9.17, 15) is 4.79 Å². The number of aryl methyl sites for hydroxylation is 2. The van der Waals surface area contributed by atoms with E-state index in [0.717, 1.165) is 11.1 Å². The van der Waals surface area contributed by atoms with Crippen LogP contribution >= 0.6 is 0 Å². The van der Waals surface area contributed by atoms with Gasteiger partial charge in [-0.2, -0.15) is 0 Å². The first kappa shape index (κ1) is 16.3. The molecular weight excluding hydrogens is 294 g/mol. The molecular formula is C22H23NO. The highest BCUT2D eigenvalue weighted by Gasteiger charge is 2.11. The van der Waals surface area contributed by atoms with Gasteiger partial charge in [0, 0.05) is 0 Å². The molecule has 0 aliphatic rings. The minimum absolute atomic E-state index is 0.00588. The average Bonchev–Trinajstić information content (AvgIpc) is 2.57. The van der Waals surface area contributed by atoms with Gasteiger partial charge in [0.1, 0.15) is 0 Å². The van der Waals surface area contributed by atoms with Gasteiger partial charge in [0.25, 0.3) is 0 Å². The monoisotopic (exact) mass is 317 g/mol. The third-order valence-corrected chi connectivity index (χ3v) is 4.59. The number of fused-ring (bicyclic) bond motifs is 1. The number of benzene rings is 3. The minimum Gasteiger partial charge on any atom is -0.349 e. The second-order valence-electron chi connectivity index (χ2n) is 6.49. The third-order valence-electron chi connectivity index (χ3n) is 4.59. The van der Waals surface area contributed by atoms with Crippen molar-refractivity contribution in [3.63, 3.8) is 0 Å². The van der Waals surface area contributed by atoms with Gasteiger partial charge >= 0.3 is 0 Å². The SMILES string of the molecule is Cc1ccc(CC(=O)N[C@H](C)c2ccc3ccccc3c2)cc1C. The number of hydrogen-bond acceptors (Lipinski definition) is 1. The van der Waals surface area contributed by atoms with Crippen LogP contribution in [0.15, 0.2) is 60.7 Å². The first-order valence-corrected chi connectivity index (χ1v) is 8.37. The van der Waals surface area contributed by atoms with E-state index in [0.29, 0.717) is 6.42 Å². The van der Waals surface area contributed by atoms with Crippen molar-refractivity contribution in [1.82, 2.24) is 5.32 Å². The summed E-state index contributed by atoms with van der Waals surface area (Å²) in [6.45, 7) is 6.19. The normalized spacial score (nSPS) is 12.1. The molecule has 2 nitrogen and oxygen atoms in total. The van der Waals surface area contributed by atoms with Crippen molar-refractivity contribution >= 4 is 16.7 Å². The van der Waals surface area contributed by atoms with Gasteiger partial charge in [-0.3, -0.25) is 4.79 Å². The van der Waals surface area contributed by atoms with Crippen LogP contribution in [0.2, 0.25) is 0 Å². The van der Waals surface area contributed by atoms with E-state index >= 15 is 0 Å². The Hall–Kier alpha value is -2.61. The largest absolute Gasteiger partial charge is 0.349 e. The Kier molecular flexibility index (Phi) is 4.66. The lowest BCUT2D eigenvalue weighted by Gasteiger charge is -2.15. The smallest absolute Gasteiger partial charge is 0.224 e. The third kappa shape index (κ3) is 3.65. The van der Waals surface area contributed by atoms with Gasteiger partial charge < -0.3 is 5.32 Å². The molecule has 0 saturated heterocycles. The van der Waals surface area contributed by atoms with Gasteiger partial charge in [-0.15, -0.1) is 0 Å². The van der Waals surface area contributed by atoms with E-state index in [-0.39, 0.29) is 11.9 Å². The Balaban J connectivity index is 1.69. The molecule has 0 fully saturated rings. The van der Waals surface area contributed by atoms with Gasteiger partial charge in [-0.25, -0.2) is 0 Å². The summed E-state index contributed by atoms with van der Waals surface area (Å²) in [5.74, 6) is 0.0545. The number of nitrogens with one attached hydrogen (secondary N) is 1. The summed E-state index contributed by atoms with van der Waals surface area (Å²) < 4.78 is 0. The van der Waals surface area contributed by atoms with Crippen LogP contribution in [0, 0.1) is 13.8 Å². The van der Waals surface area contributed by atoms with Crippen molar-refractivity contribution in [3.05, 3.63) is 82.9 Å². The molecule has 24 heavy (non-hydrogen) atoms. The maximum atomic E-state index is 12.3. The maximum absolute atomic E-state index is 12.3. The molecule has 1 amide bonds. The first-order chi connectivity index (χ1) is 11.5. The topological polar surface area (TPSA) is 29.1 Å². The Bertz CT molecular complexity index is 882. The van der Waals surface area contributed by atoms with Crippen molar-refractivity contribution in [3.8, 4) is 0 Å². The molecule has 3 aromatic carbocycles. The molecule has 1 N–H and O–H groups in total. The van der Waals surface area contributed by atoms with Crippen molar-refractivity contribution in [2.24, 2.45) is 0 Å². The number of hydrogen-bond donors (Lipinski definition) is 1. The number of rotatable bonds is 4. The van der Waals surface area contributed by atoms with Crippen LogP contribution in [0.3, 0.4) is 0 Å². The van der Waals surface area contributed by atoms with Gasteiger partial charge in [-0.1, -0.05) is 54.6 Å². The van der Waals surface area contributed by atoms with Crippen LogP contribution in [0.1, 0.15) is 35.2 Å². The van der Waals surface area contributed by atoms with Crippen LogP contribution in [0.25, 0.3) is 10.8 Å². The molecule has 0 saturated carbocycles. The lowest BCUT2D eigenvalue weighted by atomic mass is 10.0. The van der Waals surface area contributed by atoms with Gasteiger partial charge in [0.05, 0.1) is 12.5 Å². The summed E-state index contributed by atoms with van der Waals surface area (Å²) in [6, 6.07) is 20.8. The van der Waals surface area contributed by atoms with Crippen LogP contribution in [-0.2, 0) is 11.2 Å². The molecule has 2 heteroatoms. The molecule has 0 unspecified atom stereocenters. The van der Waals surface area contributed by atoms with Crippen LogP contribution < -0.4 is 5.32 Å². The second-order valence-corrected chi connectivity index (χ2v) is 6.49. The fourth-order valence-corrected chi connectivity index (χ4v) is 2.95. The summed E-state index contributed by atoms with van der Waals surface area (Å²) in [4.78, 5) is 12.3. The average molecular weight is 317 g/mol.